The number of halogens is 1. The molecule has 1 aromatic rings. The van der Waals surface area contributed by atoms with Crippen LogP contribution in [0.3, 0.4) is 0 Å². The molecule has 16 heavy (non-hydrogen) atoms. The van der Waals surface area contributed by atoms with Crippen molar-refractivity contribution in [3.05, 3.63) is 16.7 Å². The summed E-state index contributed by atoms with van der Waals surface area (Å²) < 4.78 is 2.16. The molecule has 0 amide bonds. The summed E-state index contributed by atoms with van der Waals surface area (Å²) in [6.45, 7) is 0.630. The zero-order valence-corrected chi connectivity index (χ0v) is 10.6. The first-order chi connectivity index (χ1) is 7.74. The quantitative estimate of drug-likeness (QED) is 0.884. The highest BCUT2D eigenvalue weighted by atomic mass is 35.5. The minimum Gasteiger partial charge on any atom is -0.333 e. The minimum absolute atomic E-state index is 0.602. The van der Waals surface area contributed by atoms with Gasteiger partial charge in [-0.15, -0.1) is 0 Å². The van der Waals surface area contributed by atoms with Crippen molar-refractivity contribution < 1.29 is 0 Å². The molecule has 2 N–H and O–H groups in total. The number of rotatable bonds is 3. The number of hydrogen-bond acceptors (Lipinski definition) is 2. The molecule has 4 heteroatoms. The molecule has 90 valence electrons. The van der Waals surface area contributed by atoms with Crippen LogP contribution < -0.4 is 5.73 Å². The highest BCUT2D eigenvalue weighted by Gasteiger charge is 2.23. The monoisotopic (exact) mass is 241 g/mol. The first kappa shape index (κ1) is 11.9. The Hall–Kier alpha value is -0.540. The molecule has 1 saturated carbocycles. The Kier molecular flexibility index (Phi) is 3.87. The Bertz CT molecular complexity index is 353. The molecule has 0 atom stereocenters. The topological polar surface area (TPSA) is 43.8 Å². The lowest BCUT2D eigenvalue weighted by molar-refractivity contribution is 0.428. The molecule has 1 aromatic heterocycles. The van der Waals surface area contributed by atoms with E-state index < -0.39 is 0 Å². The number of hydrogen-bond donors (Lipinski definition) is 1. The van der Waals surface area contributed by atoms with Gasteiger partial charge in [-0.1, -0.05) is 30.9 Å². The van der Waals surface area contributed by atoms with Crippen LogP contribution in [-0.2, 0) is 13.5 Å². The van der Waals surface area contributed by atoms with Gasteiger partial charge in [-0.3, -0.25) is 0 Å². The van der Waals surface area contributed by atoms with E-state index in [0.717, 1.165) is 12.2 Å². The number of imidazole rings is 1. The van der Waals surface area contributed by atoms with Crippen molar-refractivity contribution in [3.63, 3.8) is 0 Å². The van der Waals surface area contributed by atoms with Crippen molar-refractivity contribution in [1.82, 2.24) is 9.55 Å². The van der Waals surface area contributed by atoms with Gasteiger partial charge in [0.15, 0.2) is 5.15 Å². The highest BCUT2D eigenvalue weighted by molar-refractivity contribution is 6.30. The summed E-state index contributed by atoms with van der Waals surface area (Å²) in [5.74, 6) is 1.62. The predicted octanol–water partition coefficient (Wildman–Crippen LogP) is 2.62. The summed E-state index contributed by atoms with van der Waals surface area (Å²) >= 11 is 6.25. The van der Waals surface area contributed by atoms with E-state index in [9.17, 15) is 0 Å². The van der Waals surface area contributed by atoms with Crippen molar-refractivity contribution in [2.75, 3.05) is 6.54 Å². The fraction of sp³-hybridized carbons (Fsp3) is 0.750. The molecular weight excluding hydrogens is 222 g/mol. The molecule has 1 fully saturated rings. The van der Waals surface area contributed by atoms with Crippen molar-refractivity contribution >= 4 is 11.6 Å². The molecule has 3 nitrogen and oxygen atoms in total. The van der Waals surface area contributed by atoms with Crippen molar-refractivity contribution in [2.45, 2.75) is 44.4 Å². The Morgan fingerprint density at radius 1 is 1.38 bits per heavy atom. The maximum atomic E-state index is 6.25. The fourth-order valence-corrected chi connectivity index (χ4v) is 3.07. The molecule has 0 saturated heterocycles. The predicted molar refractivity (Wildman–Crippen MR) is 66.8 cm³/mol. The second-order valence-electron chi connectivity index (χ2n) is 4.64. The number of nitrogens with two attached hydrogens (primary N) is 1. The average molecular weight is 242 g/mol. The van der Waals surface area contributed by atoms with E-state index in [0.29, 0.717) is 17.6 Å². The summed E-state index contributed by atoms with van der Waals surface area (Å²) in [7, 11) is 2.06. The summed E-state index contributed by atoms with van der Waals surface area (Å²) in [6.07, 6.45) is 7.31. The number of nitrogens with zero attached hydrogens (tertiary/aromatic N) is 2. The van der Waals surface area contributed by atoms with E-state index in [1.165, 1.54) is 37.8 Å². The van der Waals surface area contributed by atoms with Crippen molar-refractivity contribution in [1.29, 1.82) is 0 Å². The Morgan fingerprint density at radius 2 is 2.06 bits per heavy atom. The van der Waals surface area contributed by atoms with Crippen LogP contribution in [0.25, 0.3) is 0 Å². The van der Waals surface area contributed by atoms with Gasteiger partial charge in [0.2, 0.25) is 0 Å². The lowest BCUT2D eigenvalue weighted by atomic mass is 9.87. The average Bonchev–Trinajstić information content (AvgIpc) is 2.56. The molecule has 0 spiro atoms. The molecule has 1 heterocycles. The van der Waals surface area contributed by atoms with Gasteiger partial charge in [-0.2, -0.15) is 0 Å². The molecule has 1 aliphatic rings. The Labute approximate surface area is 102 Å². The van der Waals surface area contributed by atoms with Crippen LogP contribution in [0.15, 0.2) is 0 Å². The maximum absolute atomic E-state index is 6.25. The first-order valence-corrected chi connectivity index (χ1v) is 6.53. The van der Waals surface area contributed by atoms with Crippen LogP contribution in [0, 0.1) is 0 Å². The second kappa shape index (κ2) is 5.19. The molecule has 0 radical (unpaired) electrons. The summed E-state index contributed by atoms with van der Waals surface area (Å²) in [5, 5.41) is 0.692. The van der Waals surface area contributed by atoms with Gasteiger partial charge >= 0.3 is 0 Å². The van der Waals surface area contributed by atoms with Crippen molar-refractivity contribution in [2.24, 2.45) is 12.8 Å². The van der Waals surface area contributed by atoms with Gasteiger partial charge in [0, 0.05) is 19.4 Å². The van der Waals surface area contributed by atoms with E-state index >= 15 is 0 Å². The summed E-state index contributed by atoms with van der Waals surface area (Å²) in [4.78, 5) is 4.42. The van der Waals surface area contributed by atoms with Gasteiger partial charge in [0.25, 0.3) is 0 Å². The maximum Gasteiger partial charge on any atom is 0.150 e. The van der Waals surface area contributed by atoms with E-state index in [1.807, 2.05) is 0 Å². The SMILES string of the molecule is Cn1c(CCN)nc(Cl)c1C1CCCCC1. The summed E-state index contributed by atoms with van der Waals surface area (Å²) in [5.41, 5.74) is 6.80. The first-order valence-electron chi connectivity index (χ1n) is 6.15. The fourth-order valence-electron chi connectivity index (χ4n) is 2.69. The van der Waals surface area contributed by atoms with Crippen LogP contribution in [0.1, 0.15) is 49.5 Å². The van der Waals surface area contributed by atoms with E-state index in [-0.39, 0.29) is 0 Å². The van der Waals surface area contributed by atoms with Gasteiger partial charge in [-0.25, -0.2) is 4.98 Å². The lowest BCUT2D eigenvalue weighted by Crippen LogP contribution is -2.12. The molecular formula is C12H20ClN3. The molecule has 0 unspecified atom stereocenters. The summed E-state index contributed by atoms with van der Waals surface area (Å²) in [6, 6.07) is 0. The minimum atomic E-state index is 0.602. The third-order valence-electron chi connectivity index (χ3n) is 3.55. The molecule has 2 rings (SSSR count). The van der Waals surface area contributed by atoms with Crippen LogP contribution in [-0.4, -0.2) is 16.1 Å². The standard InChI is InChI=1S/C12H20ClN3/c1-16-10(7-8-14)15-12(13)11(16)9-5-3-2-4-6-9/h9H,2-8,14H2,1H3. The smallest absolute Gasteiger partial charge is 0.150 e. The largest absolute Gasteiger partial charge is 0.333 e. The Balaban J connectivity index is 2.24. The van der Waals surface area contributed by atoms with Crippen LogP contribution in [0.5, 0.6) is 0 Å². The molecule has 1 aliphatic carbocycles. The van der Waals surface area contributed by atoms with Crippen LogP contribution in [0.4, 0.5) is 0 Å². The van der Waals surface area contributed by atoms with Crippen LogP contribution in [0.2, 0.25) is 5.15 Å². The zero-order chi connectivity index (χ0) is 11.5. The molecule has 0 aliphatic heterocycles. The molecule has 0 bridgehead atoms. The number of aromatic nitrogens is 2. The van der Waals surface area contributed by atoms with Gasteiger partial charge < -0.3 is 10.3 Å². The zero-order valence-electron chi connectivity index (χ0n) is 9.88. The highest BCUT2D eigenvalue weighted by Crippen LogP contribution is 2.36. The van der Waals surface area contributed by atoms with E-state index in [4.69, 9.17) is 17.3 Å². The van der Waals surface area contributed by atoms with Gasteiger partial charge in [0.1, 0.15) is 5.82 Å². The van der Waals surface area contributed by atoms with Crippen molar-refractivity contribution in [3.8, 4) is 0 Å². The molecule has 0 aromatic carbocycles. The van der Waals surface area contributed by atoms with Crippen LogP contribution >= 0.6 is 11.6 Å². The van der Waals surface area contributed by atoms with E-state index in [2.05, 4.69) is 16.6 Å². The van der Waals surface area contributed by atoms with Gasteiger partial charge in [0.05, 0.1) is 5.69 Å². The third-order valence-corrected chi connectivity index (χ3v) is 3.83. The third kappa shape index (κ3) is 2.25. The lowest BCUT2D eigenvalue weighted by Gasteiger charge is -2.22. The Morgan fingerprint density at radius 3 is 2.69 bits per heavy atom. The normalized spacial score (nSPS) is 17.9. The second-order valence-corrected chi connectivity index (χ2v) is 4.99. The van der Waals surface area contributed by atoms with E-state index in [1.54, 1.807) is 0 Å². The van der Waals surface area contributed by atoms with Gasteiger partial charge in [-0.05, 0) is 19.4 Å².